The highest BCUT2D eigenvalue weighted by Gasteiger charge is 2.28. The molecule has 0 fully saturated rings. The van der Waals surface area contributed by atoms with Gasteiger partial charge in [0, 0.05) is 16.4 Å². The lowest BCUT2D eigenvalue weighted by Gasteiger charge is -2.29. The van der Waals surface area contributed by atoms with Gasteiger partial charge < -0.3 is 14.8 Å². The molecule has 2 N–H and O–H groups in total. The van der Waals surface area contributed by atoms with Crippen molar-refractivity contribution in [3.05, 3.63) is 47.0 Å². The molecule has 0 unspecified atom stereocenters. The van der Waals surface area contributed by atoms with Gasteiger partial charge in [-0.25, -0.2) is 4.79 Å². The van der Waals surface area contributed by atoms with E-state index in [2.05, 4.69) is 10.6 Å². The first-order chi connectivity index (χ1) is 14.5. The van der Waals surface area contributed by atoms with Gasteiger partial charge in [-0.15, -0.1) is 0 Å². The number of fused-ring (bicyclic) bond motifs is 1. The van der Waals surface area contributed by atoms with Gasteiger partial charge in [0.2, 0.25) is 5.91 Å². The van der Waals surface area contributed by atoms with Gasteiger partial charge in [0.1, 0.15) is 17.9 Å². The number of rotatable bonds is 4. The molecule has 164 valence electrons. The zero-order valence-electron chi connectivity index (χ0n) is 17.7. The summed E-state index contributed by atoms with van der Waals surface area (Å²) in [7, 11) is 0. The fourth-order valence-electron chi connectivity index (χ4n) is 2.94. The Hall–Kier alpha value is -3.26. The van der Waals surface area contributed by atoms with Crippen LogP contribution in [0, 0.1) is 6.92 Å². The highest BCUT2D eigenvalue weighted by Crippen LogP contribution is 2.34. The molecule has 1 heterocycles. The monoisotopic (exact) mass is 445 g/mol. The minimum absolute atomic E-state index is 0.185. The molecule has 0 aliphatic carbocycles. The molecular formula is C22H24ClN3O5. The highest BCUT2D eigenvalue weighted by molar-refractivity contribution is 6.31. The van der Waals surface area contributed by atoms with E-state index in [4.69, 9.17) is 21.1 Å². The van der Waals surface area contributed by atoms with Gasteiger partial charge in [-0.3, -0.25) is 19.8 Å². The number of hydrogen-bond acceptors (Lipinski definition) is 5. The Morgan fingerprint density at radius 1 is 1.16 bits per heavy atom. The van der Waals surface area contributed by atoms with Crippen LogP contribution in [0.15, 0.2) is 36.4 Å². The summed E-state index contributed by atoms with van der Waals surface area (Å²) in [6, 6.07) is 9.99. The molecule has 3 amide bonds. The lowest BCUT2D eigenvalue weighted by atomic mass is 10.2. The molecule has 1 aliphatic rings. The first kappa shape index (κ1) is 22.4. The van der Waals surface area contributed by atoms with Crippen LogP contribution in [0.2, 0.25) is 5.02 Å². The maximum absolute atomic E-state index is 12.6. The molecule has 1 aliphatic heterocycles. The van der Waals surface area contributed by atoms with E-state index < -0.39 is 17.6 Å². The highest BCUT2D eigenvalue weighted by atomic mass is 35.5. The Kier molecular flexibility index (Phi) is 6.40. The third-order valence-electron chi connectivity index (χ3n) is 4.32. The van der Waals surface area contributed by atoms with E-state index in [0.29, 0.717) is 27.8 Å². The molecule has 8 nitrogen and oxygen atoms in total. The van der Waals surface area contributed by atoms with Crippen molar-refractivity contribution in [1.82, 2.24) is 0 Å². The molecule has 2 aromatic carbocycles. The SMILES string of the molecule is Cc1ccc(Cl)cc1NC(=O)CN1C(=O)COc2ccc(NC(=O)OC(C)(C)C)cc21. The van der Waals surface area contributed by atoms with Gasteiger partial charge in [-0.2, -0.15) is 0 Å². The molecule has 0 saturated carbocycles. The van der Waals surface area contributed by atoms with E-state index >= 15 is 0 Å². The average molecular weight is 446 g/mol. The molecule has 0 aromatic heterocycles. The lowest BCUT2D eigenvalue weighted by molar-refractivity contribution is -0.123. The summed E-state index contributed by atoms with van der Waals surface area (Å²) in [5, 5.41) is 5.89. The molecule has 0 saturated heterocycles. The summed E-state index contributed by atoms with van der Waals surface area (Å²) in [6.45, 7) is 6.71. The quantitative estimate of drug-likeness (QED) is 0.728. The second kappa shape index (κ2) is 8.85. The Balaban J connectivity index is 1.78. The van der Waals surface area contributed by atoms with E-state index in [1.807, 2.05) is 6.92 Å². The fourth-order valence-corrected chi connectivity index (χ4v) is 3.11. The largest absolute Gasteiger partial charge is 0.482 e. The number of halogens is 1. The number of hydrogen-bond donors (Lipinski definition) is 2. The summed E-state index contributed by atoms with van der Waals surface area (Å²) in [4.78, 5) is 38.5. The van der Waals surface area contributed by atoms with Crippen LogP contribution in [0.1, 0.15) is 26.3 Å². The van der Waals surface area contributed by atoms with Crippen molar-refractivity contribution in [2.45, 2.75) is 33.3 Å². The van der Waals surface area contributed by atoms with Gasteiger partial charge in [0.05, 0.1) is 5.69 Å². The average Bonchev–Trinajstić information content (AvgIpc) is 2.65. The second-order valence-electron chi connectivity index (χ2n) is 8.09. The summed E-state index contributed by atoms with van der Waals surface area (Å²) in [5.74, 6) is -0.335. The topological polar surface area (TPSA) is 97.0 Å². The number of amides is 3. The van der Waals surface area contributed by atoms with E-state index in [9.17, 15) is 14.4 Å². The first-order valence-corrected chi connectivity index (χ1v) is 10.0. The van der Waals surface area contributed by atoms with Gasteiger partial charge in [-0.1, -0.05) is 17.7 Å². The summed E-state index contributed by atoms with van der Waals surface area (Å²) in [6.07, 6.45) is -0.628. The van der Waals surface area contributed by atoms with Crippen LogP contribution in [0.5, 0.6) is 5.75 Å². The van der Waals surface area contributed by atoms with Crippen molar-refractivity contribution < 1.29 is 23.9 Å². The normalized spacial score (nSPS) is 13.2. The predicted molar refractivity (Wildman–Crippen MR) is 119 cm³/mol. The first-order valence-electron chi connectivity index (χ1n) is 9.65. The van der Waals surface area contributed by atoms with Crippen molar-refractivity contribution in [1.29, 1.82) is 0 Å². The van der Waals surface area contributed by atoms with Crippen LogP contribution >= 0.6 is 11.6 Å². The smallest absolute Gasteiger partial charge is 0.412 e. The van der Waals surface area contributed by atoms with E-state index in [0.717, 1.165) is 5.56 Å². The standard InChI is InChI=1S/C22H24ClN3O5/c1-13-5-6-14(23)9-16(13)25-19(27)11-26-17-10-15(24-21(29)31-22(2,3)4)7-8-18(17)30-12-20(26)28/h5-10H,11-12H2,1-4H3,(H,24,29)(H,25,27). The number of ether oxygens (including phenoxy) is 2. The van der Waals surface area contributed by atoms with Crippen LogP contribution < -0.4 is 20.3 Å². The van der Waals surface area contributed by atoms with Crippen molar-refractivity contribution in [2.24, 2.45) is 0 Å². The predicted octanol–water partition coefficient (Wildman–Crippen LogP) is 4.36. The van der Waals surface area contributed by atoms with Gasteiger partial charge >= 0.3 is 6.09 Å². The lowest BCUT2D eigenvalue weighted by Crippen LogP contribution is -2.43. The van der Waals surface area contributed by atoms with Crippen LogP contribution in [0.25, 0.3) is 0 Å². The molecule has 3 rings (SSSR count). The third-order valence-corrected chi connectivity index (χ3v) is 4.56. The van der Waals surface area contributed by atoms with Crippen LogP contribution in [0.4, 0.5) is 21.9 Å². The van der Waals surface area contributed by atoms with Crippen LogP contribution in [-0.4, -0.2) is 36.7 Å². The Morgan fingerprint density at radius 2 is 1.90 bits per heavy atom. The van der Waals surface area contributed by atoms with Gasteiger partial charge in [-0.05, 0) is 63.6 Å². The van der Waals surface area contributed by atoms with Crippen molar-refractivity contribution in [3.63, 3.8) is 0 Å². The van der Waals surface area contributed by atoms with Crippen LogP contribution in [0.3, 0.4) is 0 Å². The summed E-state index contributed by atoms with van der Waals surface area (Å²) < 4.78 is 10.7. The molecule has 0 atom stereocenters. The van der Waals surface area contributed by atoms with Crippen molar-refractivity contribution in [3.8, 4) is 5.75 Å². The Bertz CT molecular complexity index is 1030. The number of carbonyl (C=O) groups is 3. The Labute approximate surface area is 185 Å². The maximum Gasteiger partial charge on any atom is 0.412 e. The Morgan fingerprint density at radius 3 is 2.61 bits per heavy atom. The van der Waals surface area contributed by atoms with Crippen molar-refractivity contribution >= 4 is 46.6 Å². The zero-order valence-corrected chi connectivity index (χ0v) is 18.5. The van der Waals surface area contributed by atoms with E-state index in [-0.39, 0.29) is 19.1 Å². The molecule has 0 bridgehead atoms. The minimum atomic E-state index is -0.653. The third kappa shape index (κ3) is 5.88. The molecule has 31 heavy (non-hydrogen) atoms. The number of aryl methyl sites for hydroxylation is 1. The number of nitrogens with one attached hydrogen (secondary N) is 2. The molecule has 9 heteroatoms. The summed E-state index contributed by atoms with van der Waals surface area (Å²) in [5.41, 5.74) is 1.54. The molecule has 2 aromatic rings. The fraction of sp³-hybridized carbons (Fsp3) is 0.318. The number of carbonyl (C=O) groups excluding carboxylic acids is 3. The van der Waals surface area contributed by atoms with Gasteiger partial charge in [0.15, 0.2) is 6.61 Å². The maximum atomic E-state index is 12.6. The molecule has 0 radical (unpaired) electrons. The van der Waals surface area contributed by atoms with Crippen molar-refractivity contribution in [2.75, 3.05) is 28.7 Å². The number of anilines is 3. The van der Waals surface area contributed by atoms with E-state index in [1.54, 1.807) is 57.2 Å². The molecule has 0 spiro atoms. The zero-order chi connectivity index (χ0) is 22.8. The van der Waals surface area contributed by atoms with Gasteiger partial charge in [0.25, 0.3) is 5.91 Å². The number of nitrogens with zero attached hydrogens (tertiary/aromatic N) is 1. The second-order valence-corrected chi connectivity index (χ2v) is 8.52. The molecular weight excluding hydrogens is 422 g/mol. The summed E-state index contributed by atoms with van der Waals surface area (Å²) >= 11 is 6.00. The minimum Gasteiger partial charge on any atom is -0.482 e. The van der Waals surface area contributed by atoms with Crippen LogP contribution in [-0.2, 0) is 14.3 Å². The van der Waals surface area contributed by atoms with E-state index in [1.165, 1.54) is 4.90 Å². The number of benzene rings is 2.